The van der Waals surface area contributed by atoms with Crippen LogP contribution in [0.4, 0.5) is 5.69 Å². The summed E-state index contributed by atoms with van der Waals surface area (Å²) in [4.78, 5) is 16.8. The zero-order chi connectivity index (χ0) is 24.0. The molecule has 2 aliphatic heterocycles. The third-order valence-electron chi connectivity index (χ3n) is 7.00. The number of aliphatic hydroxyl groups is 1. The van der Waals surface area contributed by atoms with Crippen LogP contribution in [0, 0.1) is 0 Å². The molecule has 8 nitrogen and oxygen atoms in total. The van der Waals surface area contributed by atoms with Crippen LogP contribution in [0.1, 0.15) is 37.1 Å². The van der Waals surface area contributed by atoms with Crippen LogP contribution in [0.15, 0.2) is 59.0 Å². The summed E-state index contributed by atoms with van der Waals surface area (Å²) in [6, 6.07) is 18.6. The molecular weight excluding hydrogens is 442 g/mol. The number of anilines is 1. The fourth-order valence-electron chi connectivity index (χ4n) is 4.82. The standard InChI is InChI=1S/C27H33N5O3/c33-24-12-16-32(17-13-24)26(34)18-20-6-8-23(9-7-20)31-14-10-22(11-15-31)28-19-25-29-30-27(35-25)21-4-2-1-3-5-21/h1-9,22,24,28,33H,10-19H2. The van der Waals surface area contributed by atoms with Crippen molar-refractivity contribution in [3.05, 3.63) is 66.1 Å². The first-order chi connectivity index (χ1) is 17.1. The van der Waals surface area contributed by atoms with Crippen molar-refractivity contribution in [1.82, 2.24) is 20.4 Å². The minimum Gasteiger partial charge on any atom is -0.419 e. The molecule has 2 fully saturated rings. The number of aliphatic hydroxyl groups excluding tert-OH is 1. The highest BCUT2D eigenvalue weighted by atomic mass is 16.4. The Bertz CT molecular complexity index is 1090. The van der Waals surface area contributed by atoms with E-state index in [9.17, 15) is 9.90 Å². The molecule has 0 aliphatic carbocycles. The van der Waals surface area contributed by atoms with E-state index in [-0.39, 0.29) is 12.0 Å². The van der Waals surface area contributed by atoms with Crippen molar-refractivity contribution < 1.29 is 14.3 Å². The van der Waals surface area contributed by atoms with Gasteiger partial charge in [-0.3, -0.25) is 4.79 Å². The van der Waals surface area contributed by atoms with Crippen molar-refractivity contribution in [2.45, 2.75) is 50.8 Å². The number of nitrogens with zero attached hydrogens (tertiary/aromatic N) is 4. The highest BCUT2D eigenvalue weighted by Gasteiger charge is 2.22. The normalized spacial score (nSPS) is 17.6. The van der Waals surface area contributed by atoms with Gasteiger partial charge in [-0.05, 0) is 55.5 Å². The molecule has 2 aromatic carbocycles. The number of carbonyl (C=O) groups is 1. The predicted octanol–water partition coefficient (Wildman–Crippen LogP) is 3.02. The average Bonchev–Trinajstić information content (AvgIpc) is 3.38. The minimum atomic E-state index is -0.260. The molecule has 0 atom stereocenters. The second kappa shape index (κ2) is 11.0. The summed E-state index contributed by atoms with van der Waals surface area (Å²) < 4.78 is 5.80. The van der Waals surface area contributed by atoms with Gasteiger partial charge in [0.25, 0.3) is 0 Å². The molecule has 184 valence electrons. The Morgan fingerprint density at radius 1 is 0.943 bits per heavy atom. The van der Waals surface area contributed by atoms with E-state index < -0.39 is 0 Å². The molecule has 1 aromatic heterocycles. The van der Waals surface area contributed by atoms with Gasteiger partial charge in [0.1, 0.15) is 0 Å². The number of aromatic nitrogens is 2. The van der Waals surface area contributed by atoms with E-state index in [0.717, 1.165) is 37.1 Å². The lowest BCUT2D eigenvalue weighted by molar-refractivity contribution is -0.132. The quantitative estimate of drug-likeness (QED) is 0.542. The number of amides is 1. The van der Waals surface area contributed by atoms with Crippen LogP contribution in [-0.2, 0) is 17.8 Å². The van der Waals surface area contributed by atoms with Gasteiger partial charge >= 0.3 is 0 Å². The molecule has 3 aromatic rings. The Kier molecular flexibility index (Phi) is 7.39. The number of nitrogens with one attached hydrogen (secondary N) is 1. The zero-order valence-electron chi connectivity index (χ0n) is 20.0. The fraction of sp³-hybridized carbons (Fsp3) is 0.444. The summed E-state index contributed by atoms with van der Waals surface area (Å²) >= 11 is 0. The number of benzene rings is 2. The van der Waals surface area contributed by atoms with Gasteiger partial charge in [-0.2, -0.15) is 0 Å². The van der Waals surface area contributed by atoms with Crippen molar-refractivity contribution in [3.8, 4) is 11.5 Å². The summed E-state index contributed by atoms with van der Waals surface area (Å²) in [5.74, 6) is 1.31. The topological polar surface area (TPSA) is 94.7 Å². The zero-order valence-corrected chi connectivity index (χ0v) is 20.0. The number of rotatable bonds is 7. The van der Waals surface area contributed by atoms with Crippen molar-refractivity contribution in [1.29, 1.82) is 0 Å². The van der Waals surface area contributed by atoms with Gasteiger partial charge in [0.15, 0.2) is 0 Å². The van der Waals surface area contributed by atoms with Crippen molar-refractivity contribution in [2.75, 3.05) is 31.1 Å². The summed E-state index contributed by atoms with van der Waals surface area (Å²) in [6.07, 6.45) is 3.60. The Balaban J connectivity index is 1.06. The van der Waals surface area contributed by atoms with E-state index in [1.807, 2.05) is 35.2 Å². The average molecular weight is 476 g/mol. The van der Waals surface area contributed by atoms with Crippen LogP contribution in [-0.4, -0.2) is 64.4 Å². The van der Waals surface area contributed by atoms with Gasteiger partial charge in [-0.1, -0.05) is 30.3 Å². The molecule has 0 spiro atoms. The Morgan fingerprint density at radius 2 is 1.66 bits per heavy atom. The maximum absolute atomic E-state index is 12.5. The van der Waals surface area contributed by atoms with Gasteiger partial charge < -0.3 is 24.6 Å². The van der Waals surface area contributed by atoms with Crippen LogP contribution >= 0.6 is 0 Å². The number of piperidine rings is 2. The van der Waals surface area contributed by atoms with E-state index >= 15 is 0 Å². The molecule has 0 unspecified atom stereocenters. The Hall–Kier alpha value is -3.23. The highest BCUT2D eigenvalue weighted by molar-refractivity contribution is 5.79. The summed E-state index contributed by atoms with van der Waals surface area (Å²) in [5, 5.41) is 21.5. The van der Waals surface area contributed by atoms with E-state index in [0.29, 0.717) is 56.7 Å². The van der Waals surface area contributed by atoms with Gasteiger partial charge in [-0.25, -0.2) is 0 Å². The first kappa shape index (κ1) is 23.5. The lowest BCUT2D eigenvalue weighted by Crippen LogP contribution is -2.42. The third kappa shape index (κ3) is 6.07. The molecule has 2 N–H and O–H groups in total. The van der Waals surface area contributed by atoms with E-state index in [2.05, 4.69) is 44.7 Å². The van der Waals surface area contributed by atoms with Crippen LogP contribution in [0.2, 0.25) is 0 Å². The van der Waals surface area contributed by atoms with Crippen molar-refractivity contribution in [2.24, 2.45) is 0 Å². The lowest BCUT2D eigenvalue weighted by atomic mass is 10.0. The second-order valence-electron chi connectivity index (χ2n) is 9.46. The van der Waals surface area contributed by atoms with E-state index in [1.165, 1.54) is 5.69 Å². The second-order valence-corrected chi connectivity index (χ2v) is 9.46. The number of likely N-dealkylation sites (tertiary alicyclic amines) is 1. The molecule has 5 rings (SSSR count). The van der Waals surface area contributed by atoms with E-state index in [1.54, 1.807) is 0 Å². The molecule has 1 amide bonds. The maximum Gasteiger partial charge on any atom is 0.247 e. The molecule has 35 heavy (non-hydrogen) atoms. The molecule has 0 saturated carbocycles. The number of hydrogen-bond donors (Lipinski definition) is 2. The first-order valence-electron chi connectivity index (χ1n) is 12.5. The Labute approximate surface area is 206 Å². The van der Waals surface area contributed by atoms with Crippen LogP contribution in [0.25, 0.3) is 11.5 Å². The fourth-order valence-corrected chi connectivity index (χ4v) is 4.82. The van der Waals surface area contributed by atoms with Gasteiger partial charge in [-0.15, -0.1) is 10.2 Å². The molecule has 0 bridgehead atoms. The molecular formula is C27H33N5O3. The summed E-state index contributed by atoms with van der Waals surface area (Å²) in [6.45, 7) is 3.84. The largest absolute Gasteiger partial charge is 0.419 e. The first-order valence-corrected chi connectivity index (χ1v) is 12.5. The third-order valence-corrected chi connectivity index (χ3v) is 7.00. The van der Waals surface area contributed by atoms with Crippen molar-refractivity contribution in [3.63, 3.8) is 0 Å². The molecule has 0 radical (unpaired) electrons. The van der Waals surface area contributed by atoms with Gasteiger partial charge in [0.05, 0.1) is 19.1 Å². The number of carbonyl (C=O) groups excluding carboxylic acids is 1. The minimum absolute atomic E-state index is 0.147. The number of hydrogen-bond acceptors (Lipinski definition) is 7. The van der Waals surface area contributed by atoms with Gasteiger partial charge in [0.2, 0.25) is 17.7 Å². The summed E-state index contributed by atoms with van der Waals surface area (Å²) in [7, 11) is 0. The molecule has 8 heteroatoms. The van der Waals surface area contributed by atoms with E-state index in [4.69, 9.17) is 4.42 Å². The predicted molar refractivity (Wildman–Crippen MR) is 134 cm³/mol. The van der Waals surface area contributed by atoms with Gasteiger partial charge in [0, 0.05) is 43.5 Å². The Morgan fingerprint density at radius 3 is 2.37 bits per heavy atom. The summed E-state index contributed by atoms with van der Waals surface area (Å²) in [5.41, 5.74) is 3.17. The van der Waals surface area contributed by atoms with Crippen LogP contribution in [0.5, 0.6) is 0 Å². The molecule has 2 saturated heterocycles. The lowest BCUT2D eigenvalue weighted by Gasteiger charge is -2.34. The smallest absolute Gasteiger partial charge is 0.247 e. The maximum atomic E-state index is 12.5. The van der Waals surface area contributed by atoms with Crippen LogP contribution < -0.4 is 10.2 Å². The highest BCUT2D eigenvalue weighted by Crippen LogP contribution is 2.22. The monoisotopic (exact) mass is 475 g/mol. The van der Waals surface area contributed by atoms with Crippen LogP contribution in [0.3, 0.4) is 0 Å². The SMILES string of the molecule is O=C(Cc1ccc(N2CCC(NCc3nnc(-c4ccccc4)o3)CC2)cc1)N1CCC(O)CC1. The molecule has 3 heterocycles. The molecule has 2 aliphatic rings. The van der Waals surface area contributed by atoms with Crippen molar-refractivity contribution >= 4 is 11.6 Å².